The topological polar surface area (TPSA) is 0 Å². The van der Waals surface area contributed by atoms with Crippen LogP contribution >= 0.6 is 22.6 Å². The molecule has 0 N–H and O–H groups in total. The number of halogens is 1. The monoisotopic (exact) mass is 224 g/mol. The van der Waals surface area contributed by atoms with Crippen LogP contribution in [0.1, 0.15) is 20.3 Å². The van der Waals surface area contributed by atoms with Gasteiger partial charge in [0.1, 0.15) is 0 Å². The molecule has 1 heteroatoms. The number of rotatable bonds is 3. The number of hydrogen-bond acceptors (Lipinski definition) is 0. The summed E-state index contributed by atoms with van der Waals surface area (Å²) in [7, 11) is 0. The van der Waals surface area contributed by atoms with Crippen LogP contribution in [0.15, 0.2) is 12.2 Å². The lowest BCUT2D eigenvalue weighted by molar-refractivity contribution is 0.662. The number of alkyl halides is 1. The molecule has 0 rings (SSSR count). The van der Waals surface area contributed by atoms with Crippen LogP contribution in [0.3, 0.4) is 0 Å². The lowest BCUT2D eigenvalue weighted by Crippen LogP contribution is -1.95. The second-order valence-corrected chi connectivity index (χ2v) is 2.86. The Balaban J connectivity index is 3.46. The number of allylic oxidation sites excluding steroid dienone is 1. The van der Waals surface area contributed by atoms with Gasteiger partial charge in [-0.15, -0.1) is 0 Å². The van der Waals surface area contributed by atoms with Crippen molar-refractivity contribution in [3.8, 4) is 0 Å². The molecule has 0 aliphatic carbocycles. The Morgan fingerprint density at radius 3 is 2.38 bits per heavy atom. The van der Waals surface area contributed by atoms with E-state index in [1.54, 1.807) is 0 Å². The Bertz CT molecular complexity index is 76.5. The van der Waals surface area contributed by atoms with E-state index in [9.17, 15) is 0 Å². The molecule has 0 fully saturated rings. The summed E-state index contributed by atoms with van der Waals surface area (Å²) in [5, 5.41) is 0. The molecule has 0 amide bonds. The lowest BCUT2D eigenvalue weighted by atomic mass is 10.0. The van der Waals surface area contributed by atoms with Gasteiger partial charge in [-0.1, -0.05) is 48.6 Å². The maximum atomic E-state index is 3.94. The van der Waals surface area contributed by atoms with Gasteiger partial charge in [-0.05, 0) is 12.3 Å². The highest BCUT2D eigenvalue weighted by molar-refractivity contribution is 14.1. The van der Waals surface area contributed by atoms with Crippen LogP contribution in [-0.2, 0) is 0 Å². The zero-order chi connectivity index (χ0) is 6.57. The van der Waals surface area contributed by atoms with Crippen molar-refractivity contribution in [2.24, 2.45) is 5.92 Å². The highest BCUT2D eigenvalue weighted by Crippen LogP contribution is 2.13. The first-order valence-electron chi connectivity index (χ1n) is 2.96. The van der Waals surface area contributed by atoms with Gasteiger partial charge in [0.25, 0.3) is 0 Å². The van der Waals surface area contributed by atoms with Crippen molar-refractivity contribution in [1.29, 1.82) is 0 Å². The van der Waals surface area contributed by atoms with Gasteiger partial charge < -0.3 is 0 Å². The molecule has 0 saturated heterocycles. The zero-order valence-corrected chi connectivity index (χ0v) is 7.73. The van der Waals surface area contributed by atoms with Crippen molar-refractivity contribution in [2.45, 2.75) is 20.3 Å². The molecule has 0 bridgehead atoms. The second-order valence-electron chi connectivity index (χ2n) is 2.10. The molecule has 0 aromatic heterocycles. The summed E-state index contributed by atoms with van der Waals surface area (Å²) in [4.78, 5) is 0. The zero-order valence-electron chi connectivity index (χ0n) is 5.58. The van der Waals surface area contributed by atoms with E-state index in [1.165, 1.54) is 12.0 Å². The van der Waals surface area contributed by atoms with E-state index < -0.39 is 0 Å². The maximum absolute atomic E-state index is 3.94. The Labute approximate surface area is 65.5 Å². The van der Waals surface area contributed by atoms with Crippen LogP contribution in [0, 0.1) is 5.92 Å². The minimum atomic E-state index is 0.715. The molecule has 0 radical (unpaired) electrons. The van der Waals surface area contributed by atoms with Crippen molar-refractivity contribution < 1.29 is 0 Å². The van der Waals surface area contributed by atoms with Gasteiger partial charge in [-0.25, -0.2) is 0 Å². The summed E-state index contributed by atoms with van der Waals surface area (Å²) in [6, 6.07) is 0. The predicted molar refractivity (Wildman–Crippen MR) is 47.5 cm³/mol. The Morgan fingerprint density at radius 2 is 2.25 bits per heavy atom. The van der Waals surface area contributed by atoms with Crippen molar-refractivity contribution in [2.75, 3.05) is 4.43 Å². The lowest BCUT2D eigenvalue weighted by Gasteiger charge is -2.07. The smallest absolute Gasteiger partial charge is 0.0205 e. The van der Waals surface area contributed by atoms with Gasteiger partial charge in [-0.2, -0.15) is 0 Å². The van der Waals surface area contributed by atoms with Gasteiger partial charge in [0, 0.05) is 4.43 Å². The average molecular weight is 224 g/mol. The van der Waals surface area contributed by atoms with E-state index in [-0.39, 0.29) is 0 Å². The van der Waals surface area contributed by atoms with Gasteiger partial charge >= 0.3 is 0 Å². The minimum absolute atomic E-state index is 0.715. The standard InChI is InChI=1S/C7H13I/c1-4-6(2)7(3)5-8/h6H,3-5H2,1-2H3. The molecule has 1 unspecified atom stereocenters. The SMILES string of the molecule is C=C(CI)C(C)CC. The third-order valence-corrected chi connectivity index (χ3v) is 2.46. The Kier molecular flexibility index (Phi) is 4.61. The van der Waals surface area contributed by atoms with Crippen molar-refractivity contribution in [3.05, 3.63) is 12.2 Å². The van der Waals surface area contributed by atoms with E-state index in [0.29, 0.717) is 5.92 Å². The Morgan fingerprint density at radius 1 is 1.75 bits per heavy atom. The fourth-order valence-corrected chi connectivity index (χ4v) is 1.17. The van der Waals surface area contributed by atoms with E-state index >= 15 is 0 Å². The third-order valence-electron chi connectivity index (χ3n) is 1.48. The summed E-state index contributed by atoms with van der Waals surface area (Å²) < 4.78 is 1.10. The van der Waals surface area contributed by atoms with Gasteiger partial charge in [0.15, 0.2) is 0 Å². The maximum Gasteiger partial charge on any atom is 0.0205 e. The molecule has 0 aromatic carbocycles. The van der Waals surface area contributed by atoms with E-state index in [4.69, 9.17) is 0 Å². The first-order valence-corrected chi connectivity index (χ1v) is 4.48. The molecule has 0 spiro atoms. The molecule has 1 atom stereocenters. The highest BCUT2D eigenvalue weighted by atomic mass is 127. The molecule has 48 valence electrons. The average Bonchev–Trinajstić information content (AvgIpc) is 1.84. The van der Waals surface area contributed by atoms with Crippen LogP contribution in [0.5, 0.6) is 0 Å². The van der Waals surface area contributed by atoms with Crippen LogP contribution in [-0.4, -0.2) is 4.43 Å². The fourth-order valence-electron chi connectivity index (χ4n) is 0.420. The third kappa shape index (κ3) is 2.70. The normalized spacial score (nSPS) is 13.4. The number of hydrogen-bond donors (Lipinski definition) is 0. The van der Waals surface area contributed by atoms with Crippen molar-refractivity contribution >= 4 is 22.6 Å². The van der Waals surface area contributed by atoms with Crippen molar-refractivity contribution in [3.63, 3.8) is 0 Å². The van der Waals surface area contributed by atoms with E-state index in [0.717, 1.165) is 4.43 Å². The summed E-state index contributed by atoms with van der Waals surface area (Å²) in [6.07, 6.45) is 1.22. The summed E-state index contributed by atoms with van der Waals surface area (Å²) >= 11 is 2.35. The van der Waals surface area contributed by atoms with Gasteiger partial charge in [0.05, 0.1) is 0 Å². The predicted octanol–water partition coefficient (Wildman–Crippen LogP) is 3.02. The molecule has 0 saturated carbocycles. The highest BCUT2D eigenvalue weighted by Gasteiger charge is 1.99. The summed E-state index contributed by atoms with van der Waals surface area (Å²) in [6.45, 7) is 8.36. The summed E-state index contributed by atoms with van der Waals surface area (Å²) in [5.74, 6) is 0.715. The van der Waals surface area contributed by atoms with Gasteiger partial charge in [-0.3, -0.25) is 0 Å². The van der Waals surface area contributed by atoms with Gasteiger partial charge in [0.2, 0.25) is 0 Å². The molecule has 8 heavy (non-hydrogen) atoms. The first kappa shape index (κ1) is 8.47. The fraction of sp³-hybridized carbons (Fsp3) is 0.714. The molecule has 0 aliphatic rings. The van der Waals surface area contributed by atoms with E-state index in [1.807, 2.05) is 0 Å². The second kappa shape index (κ2) is 4.36. The first-order chi connectivity index (χ1) is 3.72. The molecular weight excluding hydrogens is 211 g/mol. The van der Waals surface area contributed by atoms with Crippen LogP contribution in [0.25, 0.3) is 0 Å². The largest absolute Gasteiger partial charge is 0.0988 e. The van der Waals surface area contributed by atoms with Crippen molar-refractivity contribution in [1.82, 2.24) is 0 Å². The van der Waals surface area contributed by atoms with Crippen LogP contribution in [0.2, 0.25) is 0 Å². The van der Waals surface area contributed by atoms with Crippen LogP contribution < -0.4 is 0 Å². The van der Waals surface area contributed by atoms with E-state index in [2.05, 4.69) is 43.0 Å². The minimum Gasteiger partial charge on any atom is -0.0988 e. The molecule has 0 aromatic rings. The molecule has 0 heterocycles. The quantitative estimate of drug-likeness (QED) is 0.392. The van der Waals surface area contributed by atoms with Crippen LogP contribution in [0.4, 0.5) is 0 Å². The molecule has 0 aliphatic heterocycles. The molecule has 0 nitrogen and oxygen atoms in total. The Hall–Kier alpha value is 0.470. The summed E-state index contributed by atoms with van der Waals surface area (Å²) in [5.41, 5.74) is 1.37. The molecular formula is C7H13I.